The highest BCUT2D eigenvalue weighted by Crippen LogP contribution is 2.27. The first-order valence-electron chi connectivity index (χ1n) is 9.17. The molecule has 6 nitrogen and oxygen atoms in total. The SMILES string of the molecule is CCN(C(=O)COC(=O)c1cc(S(C)(=O)=O)ccc1Cl)c1cccc2ccccc12. The fourth-order valence-electron chi connectivity index (χ4n) is 3.10. The number of amides is 1. The average Bonchev–Trinajstić information content (AvgIpc) is 2.72. The van der Waals surface area contributed by atoms with Gasteiger partial charge in [0, 0.05) is 18.2 Å². The normalized spacial score (nSPS) is 11.3. The minimum atomic E-state index is -3.52. The molecule has 0 saturated carbocycles. The molecule has 3 rings (SSSR count). The van der Waals surface area contributed by atoms with Crippen LogP contribution in [0.15, 0.2) is 65.6 Å². The van der Waals surface area contributed by atoms with E-state index in [4.69, 9.17) is 16.3 Å². The second-order valence-corrected chi connectivity index (χ2v) is 9.05. The Hall–Kier alpha value is -2.90. The predicted molar refractivity (Wildman–Crippen MR) is 117 cm³/mol. The first kappa shape index (κ1) is 21.8. The van der Waals surface area contributed by atoms with Crippen molar-refractivity contribution < 1.29 is 22.7 Å². The summed E-state index contributed by atoms with van der Waals surface area (Å²) in [7, 11) is -3.52. The molecule has 8 heteroatoms. The Morgan fingerprint density at radius 3 is 2.43 bits per heavy atom. The quantitative estimate of drug-likeness (QED) is 0.533. The number of hydrogen-bond donors (Lipinski definition) is 0. The minimum absolute atomic E-state index is 0.0428. The van der Waals surface area contributed by atoms with Gasteiger partial charge >= 0.3 is 5.97 Å². The maximum atomic E-state index is 12.8. The number of benzene rings is 3. The lowest BCUT2D eigenvalue weighted by Gasteiger charge is -2.22. The van der Waals surface area contributed by atoms with Gasteiger partial charge in [0.15, 0.2) is 16.4 Å². The van der Waals surface area contributed by atoms with Gasteiger partial charge in [0.2, 0.25) is 0 Å². The Labute approximate surface area is 179 Å². The lowest BCUT2D eigenvalue weighted by Crippen LogP contribution is -2.34. The fourth-order valence-corrected chi connectivity index (χ4v) is 3.94. The molecule has 0 bridgehead atoms. The molecule has 1 amide bonds. The van der Waals surface area contributed by atoms with Gasteiger partial charge in [-0.05, 0) is 36.6 Å². The van der Waals surface area contributed by atoms with Crippen LogP contribution in [0.2, 0.25) is 5.02 Å². The van der Waals surface area contributed by atoms with E-state index in [0.717, 1.165) is 23.1 Å². The number of ether oxygens (including phenoxy) is 1. The summed E-state index contributed by atoms with van der Waals surface area (Å²) < 4.78 is 28.6. The number of fused-ring (bicyclic) bond motifs is 1. The van der Waals surface area contributed by atoms with Crippen LogP contribution in [-0.2, 0) is 19.4 Å². The number of carbonyl (C=O) groups is 2. The topological polar surface area (TPSA) is 80.8 Å². The second-order valence-electron chi connectivity index (χ2n) is 6.63. The van der Waals surface area contributed by atoms with Crippen molar-refractivity contribution in [2.24, 2.45) is 0 Å². The summed E-state index contributed by atoms with van der Waals surface area (Å²) in [6.07, 6.45) is 1.03. The summed E-state index contributed by atoms with van der Waals surface area (Å²) in [6, 6.07) is 17.1. The zero-order valence-corrected chi connectivity index (χ0v) is 18.0. The molecule has 0 N–H and O–H groups in total. The zero-order valence-electron chi connectivity index (χ0n) is 16.5. The number of likely N-dealkylation sites (N-methyl/N-ethyl adjacent to an activating group) is 1. The summed E-state index contributed by atoms with van der Waals surface area (Å²) in [5.74, 6) is -1.27. The van der Waals surface area contributed by atoms with Crippen molar-refractivity contribution >= 4 is 49.8 Å². The van der Waals surface area contributed by atoms with Gasteiger partial charge < -0.3 is 9.64 Å². The maximum absolute atomic E-state index is 12.8. The Morgan fingerprint density at radius 1 is 1.03 bits per heavy atom. The van der Waals surface area contributed by atoms with Crippen molar-refractivity contribution in [2.75, 3.05) is 24.3 Å². The van der Waals surface area contributed by atoms with Gasteiger partial charge in [0.25, 0.3) is 5.91 Å². The smallest absolute Gasteiger partial charge is 0.340 e. The van der Waals surface area contributed by atoms with Crippen molar-refractivity contribution in [1.29, 1.82) is 0 Å². The van der Waals surface area contributed by atoms with Gasteiger partial charge in [-0.25, -0.2) is 13.2 Å². The molecule has 0 unspecified atom stereocenters. The van der Waals surface area contributed by atoms with Crippen molar-refractivity contribution in [2.45, 2.75) is 11.8 Å². The number of esters is 1. The fraction of sp³-hybridized carbons (Fsp3) is 0.182. The van der Waals surface area contributed by atoms with Crippen LogP contribution in [0.1, 0.15) is 17.3 Å². The number of nitrogens with zero attached hydrogens (tertiary/aromatic N) is 1. The van der Waals surface area contributed by atoms with Crippen molar-refractivity contribution in [3.63, 3.8) is 0 Å². The first-order valence-corrected chi connectivity index (χ1v) is 11.4. The molecule has 0 aliphatic heterocycles. The summed E-state index contributed by atoms with van der Waals surface area (Å²) in [5, 5.41) is 1.94. The van der Waals surface area contributed by atoms with E-state index < -0.39 is 28.3 Å². The van der Waals surface area contributed by atoms with E-state index in [1.165, 1.54) is 17.0 Å². The van der Waals surface area contributed by atoms with Gasteiger partial charge in [0.1, 0.15) is 0 Å². The van der Waals surface area contributed by atoms with E-state index in [9.17, 15) is 18.0 Å². The molecule has 0 fully saturated rings. The highest BCUT2D eigenvalue weighted by molar-refractivity contribution is 7.90. The van der Waals surface area contributed by atoms with Gasteiger partial charge in [0.05, 0.1) is 21.2 Å². The predicted octanol–water partition coefficient (Wildman–Crippen LogP) is 4.11. The Balaban J connectivity index is 1.80. The Bertz CT molecular complexity index is 1220. The lowest BCUT2D eigenvalue weighted by molar-refractivity contribution is -0.121. The van der Waals surface area contributed by atoms with Crippen LogP contribution in [0, 0.1) is 0 Å². The van der Waals surface area contributed by atoms with Crippen LogP contribution in [0.3, 0.4) is 0 Å². The van der Waals surface area contributed by atoms with E-state index in [0.29, 0.717) is 12.2 Å². The molecule has 156 valence electrons. The average molecular weight is 446 g/mol. The van der Waals surface area contributed by atoms with Crippen molar-refractivity contribution in [3.05, 3.63) is 71.2 Å². The molecular weight excluding hydrogens is 426 g/mol. The molecule has 0 aliphatic rings. The van der Waals surface area contributed by atoms with Crippen LogP contribution in [0.5, 0.6) is 0 Å². The van der Waals surface area contributed by atoms with Gasteiger partial charge in [-0.1, -0.05) is 48.0 Å². The van der Waals surface area contributed by atoms with Gasteiger partial charge in [-0.2, -0.15) is 0 Å². The number of hydrogen-bond acceptors (Lipinski definition) is 5. The standard InChI is InChI=1S/C22H20ClNO5S/c1-3-24(20-10-6-8-15-7-4-5-9-17(15)20)21(25)14-29-22(26)18-13-16(30(2,27)28)11-12-19(18)23/h4-13H,3,14H2,1-2H3. The molecule has 0 heterocycles. The zero-order chi connectivity index (χ0) is 21.9. The molecule has 0 atom stereocenters. The first-order chi connectivity index (χ1) is 14.2. The molecular formula is C22H20ClNO5S. The van der Waals surface area contributed by atoms with Crippen LogP contribution in [0.25, 0.3) is 10.8 Å². The van der Waals surface area contributed by atoms with Crippen LogP contribution < -0.4 is 4.90 Å². The third-order valence-electron chi connectivity index (χ3n) is 4.59. The van der Waals surface area contributed by atoms with Gasteiger partial charge in [-0.15, -0.1) is 0 Å². The molecule has 0 radical (unpaired) electrons. The molecule has 30 heavy (non-hydrogen) atoms. The lowest BCUT2D eigenvalue weighted by atomic mass is 10.1. The summed E-state index contributed by atoms with van der Waals surface area (Å²) in [4.78, 5) is 26.7. The van der Waals surface area contributed by atoms with E-state index in [2.05, 4.69) is 0 Å². The monoisotopic (exact) mass is 445 g/mol. The summed E-state index contributed by atoms with van der Waals surface area (Å²) >= 11 is 6.02. The van der Waals surface area contributed by atoms with E-state index >= 15 is 0 Å². The second kappa shape index (κ2) is 8.85. The molecule has 0 spiro atoms. The highest BCUT2D eigenvalue weighted by Gasteiger charge is 2.21. The number of sulfone groups is 1. The maximum Gasteiger partial charge on any atom is 0.340 e. The molecule has 3 aromatic carbocycles. The van der Waals surface area contributed by atoms with Crippen LogP contribution in [0.4, 0.5) is 5.69 Å². The third kappa shape index (κ3) is 4.63. The Kier molecular flexibility index (Phi) is 6.43. The molecule has 3 aromatic rings. The van der Waals surface area contributed by atoms with Crippen molar-refractivity contribution in [3.8, 4) is 0 Å². The summed E-state index contributed by atoms with van der Waals surface area (Å²) in [6.45, 7) is 1.71. The molecule has 0 aliphatic carbocycles. The van der Waals surface area contributed by atoms with E-state index in [-0.39, 0.29) is 15.5 Å². The largest absolute Gasteiger partial charge is 0.452 e. The highest BCUT2D eigenvalue weighted by atomic mass is 35.5. The van der Waals surface area contributed by atoms with Gasteiger partial charge in [-0.3, -0.25) is 4.79 Å². The van der Waals surface area contributed by atoms with E-state index in [1.807, 2.05) is 49.4 Å². The molecule has 0 aromatic heterocycles. The molecule has 0 saturated heterocycles. The Morgan fingerprint density at radius 2 is 1.73 bits per heavy atom. The number of halogens is 1. The number of anilines is 1. The third-order valence-corrected chi connectivity index (χ3v) is 6.03. The summed E-state index contributed by atoms with van der Waals surface area (Å²) in [5.41, 5.74) is 0.606. The number of carbonyl (C=O) groups excluding carboxylic acids is 2. The number of rotatable bonds is 6. The van der Waals surface area contributed by atoms with Crippen LogP contribution >= 0.6 is 11.6 Å². The van der Waals surface area contributed by atoms with Crippen LogP contribution in [-0.4, -0.2) is 39.7 Å². The van der Waals surface area contributed by atoms with E-state index in [1.54, 1.807) is 0 Å². The minimum Gasteiger partial charge on any atom is -0.452 e. The van der Waals surface area contributed by atoms with Crippen molar-refractivity contribution in [1.82, 2.24) is 0 Å².